The first-order chi connectivity index (χ1) is 9.34. The molecule has 0 spiro atoms. The molecule has 0 aliphatic carbocycles. The smallest absolute Gasteiger partial charge is 0.373 e. The van der Waals surface area contributed by atoms with Crippen molar-refractivity contribution in [1.82, 2.24) is 15.4 Å². The van der Waals surface area contributed by atoms with Crippen molar-refractivity contribution in [2.24, 2.45) is 0 Å². The molecule has 0 aliphatic heterocycles. The van der Waals surface area contributed by atoms with Crippen molar-refractivity contribution in [2.75, 3.05) is 18.6 Å². The summed E-state index contributed by atoms with van der Waals surface area (Å²) in [4.78, 5) is 28.9. The second-order valence-electron chi connectivity index (χ2n) is 3.42. The monoisotopic (exact) mass is 292 g/mol. The van der Waals surface area contributed by atoms with E-state index in [0.717, 1.165) is 6.20 Å². The molecule has 7 nitrogen and oxygen atoms in total. The van der Waals surface area contributed by atoms with Gasteiger partial charge in [0, 0.05) is 6.61 Å². The van der Waals surface area contributed by atoms with E-state index in [1.165, 1.54) is 0 Å². The topological polar surface area (TPSA) is 93.2 Å². The van der Waals surface area contributed by atoms with Crippen LogP contribution in [0.3, 0.4) is 0 Å². The third kappa shape index (κ3) is 4.80. The highest BCUT2D eigenvalue weighted by Crippen LogP contribution is 2.26. The maximum Gasteiger partial charge on any atom is 0.434 e. The van der Waals surface area contributed by atoms with Crippen LogP contribution in [0, 0.1) is 0 Å². The molecular formula is C10H11F3N4O3. The van der Waals surface area contributed by atoms with E-state index in [-0.39, 0.29) is 19.0 Å². The van der Waals surface area contributed by atoms with Crippen LogP contribution in [0.2, 0.25) is 0 Å². The summed E-state index contributed by atoms with van der Waals surface area (Å²) in [6.45, 7) is 1.54. The lowest BCUT2D eigenvalue weighted by atomic mass is 10.4. The Balaban J connectivity index is 2.50. The Labute approximate surface area is 111 Å². The van der Waals surface area contributed by atoms with Gasteiger partial charge in [0.15, 0.2) is 11.5 Å². The third-order valence-electron chi connectivity index (χ3n) is 1.94. The zero-order valence-electron chi connectivity index (χ0n) is 10.3. The summed E-state index contributed by atoms with van der Waals surface area (Å²) >= 11 is 0. The molecule has 110 valence electrons. The zero-order chi connectivity index (χ0) is 15.2. The number of nitrogens with one attached hydrogen (secondary N) is 2. The van der Waals surface area contributed by atoms with Crippen molar-refractivity contribution in [3.63, 3.8) is 0 Å². The summed E-state index contributed by atoms with van der Waals surface area (Å²) < 4.78 is 41.4. The Morgan fingerprint density at radius 2 is 2.00 bits per heavy atom. The molecule has 1 heterocycles. The average Bonchev–Trinajstić information content (AvgIpc) is 2.41. The number of halogens is 3. The third-order valence-corrected chi connectivity index (χ3v) is 1.94. The molecule has 20 heavy (non-hydrogen) atoms. The van der Waals surface area contributed by atoms with E-state index in [1.807, 2.05) is 5.43 Å². The first kappa shape index (κ1) is 15.8. The predicted molar refractivity (Wildman–Crippen MR) is 60.3 cm³/mol. The summed E-state index contributed by atoms with van der Waals surface area (Å²) in [7, 11) is 0. The van der Waals surface area contributed by atoms with Crippen molar-refractivity contribution >= 4 is 17.5 Å². The summed E-state index contributed by atoms with van der Waals surface area (Å²) in [6.07, 6.45) is -3.32. The van der Waals surface area contributed by atoms with Crippen molar-refractivity contribution in [3.8, 4) is 0 Å². The number of hydrogen-bond acceptors (Lipinski definition) is 6. The Morgan fingerprint density at radius 1 is 1.30 bits per heavy atom. The van der Waals surface area contributed by atoms with Crippen molar-refractivity contribution in [1.29, 1.82) is 0 Å². The van der Waals surface area contributed by atoms with E-state index in [2.05, 4.69) is 15.4 Å². The number of anilines is 1. The van der Waals surface area contributed by atoms with Gasteiger partial charge in [-0.2, -0.15) is 13.2 Å². The first-order valence-electron chi connectivity index (χ1n) is 5.40. The number of carbonyl (C=O) groups excluding carboxylic acids is 2. The molecule has 2 N–H and O–H groups in total. The molecular weight excluding hydrogens is 281 g/mol. The van der Waals surface area contributed by atoms with Gasteiger partial charge in [0.25, 0.3) is 0 Å². The fourth-order valence-electron chi connectivity index (χ4n) is 0.990. The molecule has 0 unspecified atom stereocenters. The van der Waals surface area contributed by atoms with E-state index in [9.17, 15) is 22.8 Å². The molecule has 0 radical (unpaired) electrons. The highest BCUT2D eigenvalue weighted by molar-refractivity contribution is 6.36. The fraction of sp³-hybridized carbons (Fsp3) is 0.400. The van der Waals surface area contributed by atoms with Crippen LogP contribution >= 0.6 is 0 Å². The number of nitrogens with zero attached hydrogens (tertiary/aromatic N) is 2. The number of ketones is 1. The van der Waals surface area contributed by atoms with Crippen LogP contribution in [0.5, 0.6) is 0 Å². The molecule has 0 fully saturated rings. The standard InChI is InChI=1S/C10H11F3N4O3/c1-2-20-5-6(18)9(19)17-16-8-4-14-7(3-15-8)10(11,12)13/h3-4H,2,5H2,1H3,(H,15,16)(H,17,19). The van der Waals surface area contributed by atoms with Gasteiger partial charge in [0.1, 0.15) is 6.61 Å². The van der Waals surface area contributed by atoms with Crippen LogP contribution in [-0.4, -0.2) is 34.9 Å². The van der Waals surface area contributed by atoms with Crippen LogP contribution < -0.4 is 10.9 Å². The second-order valence-corrected chi connectivity index (χ2v) is 3.42. The van der Waals surface area contributed by atoms with Gasteiger partial charge < -0.3 is 4.74 Å². The Morgan fingerprint density at radius 3 is 2.50 bits per heavy atom. The quantitative estimate of drug-likeness (QED) is 0.587. The van der Waals surface area contributed by atoms with E-state index in [4.69, 9.17) is 4.74 Å². The van der Waals surface area contributed by atoms with Gasteiger partial charge in [-0.3, -0.25) is 20.4 Å². The van der Waals surface area contributed by atoms with Gasteiger partial charge in [-0.25, -0.2) is 9.97 Å². The Kier molecular flexibility index (Phi) is 5.38. The number of hydrazine groups is 1. The molecule has 1 amide bonds. The summed E-state index contributed by atoms with van der Waals surface area (Å²) in [6, 6.07) is 0. The molecule has 0 atom stereocenters. The summed E-state index contributed by atoms with van der Waals surface area (Å²) in [5.74, 6) is -1.98. The van der Waals surface area contributed by atoms with Gasteiger partial charge in [0.05, 0.1) is 12.4 Å². The lowest BCUT2D eigenvalue weighted by Crippen LogP contribution is -2.37. The van der Waals surface area contributed by atoms with Crippen LogP contribution in [0.1, 0.15) is 12.6 Å². The molecule has 1 aromatic rings. The van der Waals surface area contributed by atoms with Crippen molar-refractivity contribution in [2.45, 2.75) is 13.1 Å². The van der Waals surface area contributed by atoms with Gasteiger partial charge >= 0.3 is 12.1 Å². The molecule has 1 rings (SSSR count). The molecule has 1 aromatic heterocycles. The van der Waals surface area contributed by atoms with Crippen molar-refractivity contribution < 1.29 is 27.5 Å². The Bertz CT molecular complexity index is 476. The molecule has 0 saturated heterocycles. The number of rotatable bonds is 6. The zero-order valence-corrected chi connectivity index (χ0v) is 10.3. The maximum absolute atomic E-state index is 12.2. The van der Waals surface area contributed by atoms with E-state index in [0.29, 0.717) is 6.20 Å². The van der Waals surface area contributed by atoms with Crippen LogP contribution in [0.4, 0.5) is 19.0 Å². The van der Waals surface area contributed by atoms with E-state index in [1.54, 1.807) is 6.92 Å². The normalized spacial score (nSPS) is 11.0. The van der Waals surface area contributed by atoms with Gasteiger partial charge in [-0.1, -0.05) is 0 Å². The number of ether oxygens (including phenoxy) is 1. The lowest BCUT2D eigenvalue weighted by molar-refractivity contribution is -0.141. The molecule has 0 bridgehead atoms. The van der Waals surface area contributed by atoms with Crippen molar-refractivity contribution in [3.05, 3.63) is 18.1 Å². The average molecular weight is 292 g/mol. The van der Waals surface area contributed by atoms with Gasteiger partial charge in [0.2, 0.25) is 5.78 Å². The van der Waals surface area contributed by atoms with Gasteiger partial charge in [-0.15, -0.1) is 0 Å². The number of aromatic nitrogens is 2. The van der Waals surface area contributed by atoms with E-state index < -0.39 is 23.6 Å². The molecule has 0 aliphatic rings. The van der Waals surface area contributed by atoms with Crippen LogP contribution in [-0.2, 0) is 20.5 Å². The lowest BCUT2D eigenvalue weighted by Gasteiger charge is -2.08. The number of alkyl halides is 3. The Hall–Kier alpha value is -2.23. The molecule has 10 heteroatoms. The largest absolute Gasteiger partial charge is 0.434 e. The minimum Gasteiger partial charge on any atom is -0.373 e. The number of carbonyl (C=O) groups is 2. The van der Waals surface area contributed by atoms with Gasteiger partial charge in [-0.05, 0) is 6.92 Å². The fourth-order valence-corrected chi connectivity index (χ4v) is 0.990. The maximum atomic E-state index is 12.2. The van der Waals surface area contributed by atoms with Crippen LogP contribution in [0.15, 0.2) is 12.4 Å². The first-order valence-corrected chi connectivity index (χ1v) is 5.40. The molecule has 0 saturated carbocycles. The highest BCUT2D eigenvalue weighted by Gasteiger charge is 2.32. The van der Waals surface area contributed by atoms with Crippen LogP contribution in [0.25, 0.3) is 0 Å². The molecule has 0 aromatic carbocycles. The minimum absolute atomic E-state index is 0.143. The SMILES string of the molecule is CCOCC(=O)C(=O)NNc1cnc(C(F)(F)F)cn1. The minimum atomic E-state index is -4.60. The summed E-state index contributed by atoms with van der Waals surface area (Å²) in [5, 5.41) is 0. The second kappa shape index (κ2) is 6.80. The van der Waals surface area contributed by atoms with E-state index >= 15 is 0 Å². The highest BCUT2D eigenvalue weighted by atomic mass is 19.4. The number of hydrogen-bond donors (Lipinski definition) is 2. The summed E-state index contributed by atoms with van der Waals surface area (Å²) in [5.41, 5.74) is 2.96. The number of Topliss-reactive ketones (excluding diaryl/α,β-unsaturated/α-hetero) is 1. The number of amides is 1. The predicted octanol–water partition coefficient (Wildman–Crippen LogP) is 0.544.